The molecule has 11 heteroatoms. The fraction of sp³-hybridized carbons (Fsp3) is 0.111. The number of fused-ring (bicyclic) bond motifs is 1. The summed E-state index contributed by atoms with van der Waals surface area (Å²) in [5.41, 5.74) is 4.71. The number of nitrogens with one attached hydrogen (secondary N) is 1. The van der Waals surface area contributed by atoms with Crippen LogP contribution in [0.2, 0.25) is 10.0 Å². The monoisotopic (exact) mass is 569 g/mol. The molecular weight excluding hydrogens is 549 g/mol. The van der Waals surface area contributed by atoms with Crippen molar-refractivity contribution in [1.82, 2.24) is 5.43 Å². The first-order chi connectivity index (χ1) is 18.3. The number of nitro groups is 1. The zero-order valence-corrected chi connectivity index (χ0v) is 22.4. The SMILES string of the molecule is C=CCc1cc(/C=N\NC(=O)c2cc3cc([N+](=O)[O-])ccc3s2)cc(OC)c1OCc1ccc(Cl)cc1Cl. The number of rotatable bonds is 10. The van der Waals surface area contributed by atoms with Crippen LogP contribution < -0.4 is 14.9 Å². The predicted molar refractivity (Wildman–Crippen MR) is 151 cm³/mol. The Balaban J connectivity index is 1.51. The molecule has 0 aliphatic carbocycles. The normalized spacial score (nSPS) is 11.0. The third-order valence-corrected chi connectivity index (χ3v) is 7.14. The van der Waals surface area contributed by atoms with Gasteiger partial charge in [0.1, 0.15) is 6.61 Å². The summed E-state index contributed by atoms with van der Waals surface area (Å²) in [5, 5.41) is 16.7. The Morgan fingerprint density at radius 2 is 1.97 bits per heavy atom. The van der Waals surface area contributed by atoms with Crippen LogP contribution in [0.15, 0.2) is 72.4 Å². The molecule has 0 aliphatic heterocycles. The van der Waals surface area contributed by atoms with E-state index in [1.807, 2.05) is 6.07 Å². The van der Waals surface area contributed by atoms with E-state index in [0.29, 0.717) is 43.8 Å². The number of allylic oxidation sites excluding steroid dienone is 1. The Labute approximate surface area is 232 Å². The van der Waals surface area contributed by atoms with Gasteiger partial charge in [0.25, 0.3) is 11.6 Å². The zero-order valence-electron chi connectivity index (χ0n) is 20.1. The van der Waals surface area contributed by atoms with Gasteiger partial charge in [-0.15, -0.1) is 17.9 Å². The van der Waals surface area contributed by atoms with Gasteiger partial charge in [-0.3, -0.25) is 14.9 Å². The number of hydrogen-bond acceptors (Lipinski definition) is 7. The Kier molecular flexibility index (Phi) is 8.62. The number of nitrogens with zero attached hydrogens (tertiary/aromatic N) is 2. The second-order valence-electron chi connectivity index (χ2n) is 8.02. The van der Waals surface area contributed by atoms with E-state index in [4.69, 9.17) is 32.7 Å². The summed E-state index contributed by atoms with van der Waals surface area (Å²) in [4.78, 5) is 23.5. The number of non-ortho nitro benzene ring substituents is 1. The first-order valence-corrected chi connectivity index (χ1v) is 12.8. The van der Waals surface area contributed by atoms with Crippen molar-refractivity contribution in [2.24, 2.45) is 5.10 Å². The molecule has 0 spiro atoms. The fourth-order valence-corrected chi connectivity index (χ4v) is 5.04. The Bertz CT molecular complexity index is 1570. The highest BCUT2D eigenvalue weighted by Crippen LogP contribution is 2.35. The maximum atomic E-state index is 12.6. The second-order valence-corrected chi connectivity index (χ2v) is 9.95. The molecule has 1 N–H and O–H groups in total. The number of ether oxygens (including phenoxy) is 2. The maximum absolute atomic E-state index is 12.6. The molecule has 0 aliphatic rings. The number of methoxy groups -OCH3 is 1. The lowest BCUT2D eigenvalue weighted by Crippen LogP contribution is -2.16. The average molecular weight is 570 g/mol. The summed E-state index contributed by atoms with van der Waals surface area (Å²) in [6.07, 6.45) is 3.73. The minimum absolute atomic E-state index is 0.0340. The smallest absolute Gasteiger partial charge is 0.281 e. The number of thiophene rings is 1. The van der Waals surface area contributed by atoms with Crippen LogP contribution in [-0.4, -0.2) is 24.2 Å². The van der Waals surface area contributed by atoms with E-state index >= 15 is 0 Å². The quantitative estimate of drug-likeness (QED) is 0.0941. The lowest BCUT2D eigenvalue weighted by Gasteiger charge is -2.16. The summed E-state index contributed by atoms with van der Waals surface area (Å²) in [6, 6.07) is 14.8. The van der Waals surface area contributed by atoms with E-state index in [1.165, 1.54) is 36.8 Å². The first kappa shape index (κ1) is 27.1. The molecule has 1 heterocycles. The van der Waals surface area contributed by atoms with Crippen LogP contribution >= 0.6 is 34.5 Å². The van der Waals surface area contributed by atoms with Crippen molar-refractivity contribution in [2.75, 3.05) is 7.11 Å². The number of halogens is 2. The van der Waals surface area contributed by atoms with Gasteiger partial charge in [0.15, 0.2) is 11.5 Å². The number of carbonyl (C=O) groups is 1. The number of benzene rings is 3. The van der Waals surface area contributed by atoms with Gasteiger partial charge in [-0.1, -0.05) is 35.3 Å². The van der Waals surface area contributed by atoms with Gasteiger partial charge < -0.3 is 9.47 Å². The predicted octanol–water partition coefficient (Wildman–Crippen LogP) is 7.20. The van der Waals surface area contributed by atoms with Crippen molar-refractivity contribution in [3.8, 4) is 11.5 Å². The minimum Gasteiger partial charge on any atom is -0.493 e. The summed E-state index contributed by atoms with van der Waals surface area (Å²) in [6.45, 7) is 4.02. The maximum Gasteiger partial charge on any atom is 0.281 e. The molecule has 194 valence electrons. The van der Waals surface area contributed by atoms with Gasteiger partial charge in [0.05, 0.1) is 23.1 Å². The molecule has 0 saturated carbocycles. The molecule has 1 amide bonds. The number of hydrazone groups is 1. The third-order valence-electron chi connectivity index (χ3n) is 5.44. The summed E-state index contributed by atoms with van der Waals surface area (Å²) < 4.78 is 12.4. The van der Waals surface area contributed by atoms with Gasteiger partial charge >= 0.3 is 0 Å². The highest BCUT2D eigenvalue weighted by Gasteiger charge is 2.15. The average Bonchev–Trinajstić information content (AvgIpc) is 3.32. The number of hydrogen-bond donors (Lipinski definition) is 1. The van der Waals surface area contributed by atoms with Crippen LogP contribution in [0.25, 0.3) is 10.1 Å². The van der Waals surface area contributed by atoms with Gasteiger partial charge in [-0.05, 0) is 48.4 Å². The van der Waals surface area contributed by atoms with Crippen LogP contribution in [0.1, 0.15) is 26.4 Å². The van der Waals surface area contributed by atoms with Gasteiger partial charge in [0, 0.05) is 43.4 Å². The lowest BCUT2D eigenvalue weighted by molar-refractivity contribution is -0.384. The molecule has 1 aromatic heterocycles. The van der Waals surface area contributed by atoms with Crippen molar-refractivity contribution in [3.05, 3.63) is 109 Å². The number of nitro benzene ring substituents is 1. The van der Waals surface area contributed by atoms with E-state index < -0.39 is 10.8 Å². The molecule has 0 bridgehead atoms. The third kappa shape index (κ3) is 6.31. The van der Waals surface area contributed by atoms with Gasteiger partial charge in [-0.25, -0.2) is 5.43 Å². The van der Waals surface area contributed by atoms with Gasteiger partial charge in [-0.2, -0.15) is 5.10 Å². The van der Waals surface area contributed by atoms with Crippen LogP contribution in [-0.2, 0) is 13.0 Å². The topological polar surface area (TPSA) is 103 Å². The van der Waals surface area contributed by atoms with Crippen LogP contribution in [0.4, 0.5) is 5.69 Å². The molecule has 0 radical (unpaired) electrons. The Morgan fingerprint density at radius 3 is 2.68 bits per heavy atom. The molecule has 8 nitrogen and oxygen atoms in total. The van der Waals surface area contributed by atoms with E-state index in [9.17, 15) is 14.9 Å². The van der Waals surface area contributed by atoms with E-state index in [1.54, 1.807) is 42.5 Å². The van der Waals surface area contributed by atoms with Crippen molar-refractivity contribution in [1.29, 1.82) is 0 Å². The summed E-state index contributed by atoms with van der Waals surface area (Å²) >= 11 is 13.5. The Morgan fingerprint density at radius 1 is 1.16 bits per heavy atom. The van der Waals surface area contributed by atoms with Crippen molar-refractivity contribution < 1.29 is 19.2 Å². The van der Waals surface area contributed by atoms with Crippen LogP contribution in [0.3, 0.4) is 0 Å². The molecule has 0 atom stereocenters. The Hall–Kier alpha value is -3.92. The number of carbonyl (C=O) groups excluding carboxylic acids is 1. The minimum atomic E-state index is -0.473. The largest absolute Gasteiger partial charge is 0.493 e. The zero-order chi connectivity index (χ0) is 27.2. The van der Waals surface area contributed by atoms with Crippen LogP contribution in [0, 0.1) is 10.1 Å². The second kappa shape index (κ2) is 12.1. The molecule has 0 unspecified atom stereocenters. The van der Waals surface area contributed by atoms with Crippen molar-refractivity contribution in [3.63, 3.8) is 0 Å². The van der Waals surface area contributed by atoms with E-state index in [-0.39, 0.29) is 12.3 Å². The van der Waals surface area contributed by atoms with E-state index in [0.717, 1.165) is 15.8 Å². The highest BCUT2D eigenvalue weighted by molar-refractivity contribution is 7.20. The standard InChI is InChI=1S/C27H21Cl2N3O5S/c1-3-4-17-9-16(10-23(36-2)26(17)37-15-18-5-6-20(28)13-22(18)29)14-30-31-27(33)25-12-19-11-21(32(34)35)7-8-24(19)38-25/h3,5-14H,1,4,15H2,2H3,(H,31,33)/b30-14-. The van der Waals surface area contributed by atoms with E-state index in [2.05, 4.69) is 17.1 Å². The first-order valence-electron chi connectivity index (χ1n) is 11.2. The van der Waals surface area contributed by atoms with Crippen molar-refractivity contribution >= 4 is 62.4 Å². The molecule has 4 aromatic rings. The van der Waals surface area contributed by atoms with Crippen molar-refractivity contribution in [2.45, 2.75) is 13.0 Å². The summed E-state index contributed by atoms with van der Waals surface area (Å²) in [5.74, 6) is 0.593. The highest BCUT2D eigenvalue weighted by atomic mass is 35.5. The molecule has 4 rings (SSSR count). The molecule has 3 aromatic carbocycles. The number of amides is 1. The van der Waals surface area contributed by atoms with Crippen LogP contribution in [0.5, 0.6) is 11.5 Å². The lowest BCUT2D eigenvalue weighted by atomic mass is 10.1. The molecule has 38 heavy (non-hydrogen) atoms. The summed E-state index contributed by atoms with van der Waals surface area (Å²) in [7, 11) is 1.53. The molecule has 0 fully saturated rings. The van der Waals surface area contributed by atoms with Gasteiger partial charge in [0.2, 0.25) is 0 Å². The molecule has 0 saturated heterocycles. The fourth-order valence-electron chi connectivity index (χ4n) is 3.65. The molecular formula is C27H21Cl2N3O5S.